The highest BCUT2D eigenvalue weighted by atomic mass is 35.5. The molecule has 1 saturated heterocycles. The SMILES string of the molecule is COc1ccc(CN2CCC(O)(c3ccc(CNC(=O)c4ccc(Cl)cc4)cc3)CC2)cc1OC. The van der Waals surface area contributed by atoms with E-state index in [1.165, 1.54) is 0 Å². The number of carbonyl (C=O) groups excluding carboxylic acids is 1. The summed E-state index contributed by atoms with van der Waals surface area (Å²) in [6.45, 7) is 2.80. The Morgan fingerprint density at radius 2 is 1.57 bits per heavy atom. The maximum absolute atomic E-state index is 12.3. The molecule has 1 fully saturated rings. The summed E-state index contributed by atoms with van der Waals surface area (Å²) >= 11 is 5.88. The van der Waals surface area contributed by atoms with E-state index in [0.29, 0.717) is 30.0 Å². The molecule has 1 aliphatic heterocycles. The minimum Gasteiger partial charge on any atom is -0.493 e. The number of amides is 1. The van der Waals surface area contributed by atoms with E-state index >= 15 is 0 Å². The summed E-state index contributed by atoms with van der Waals surface area (Å²) in [5.74, 6) is 1.30. The third-order valence-electron chi connectivity index (χ3n) is 6.59. The first-order chi connectivity index (χ1) is 16.9. The highest BCUT2D eigenvalue weighted by molar-refractivity contribution is 6.30. The van der Waals surface area contributed by atoms with Gasteiger partial charge in [-0.3, -0.25) is 9.69 Å². The number of rotatable bonds is 8. The number of nitrogens with one attached hydrogen (secondary N) is 1. The Morgan fingerprint density at radius 1 is 0.943 bits per heavy atom. The molecule has 0 saturated carbocycles. The topological polar surface area (TPSA) is 71.0 Å². The fraction of sp³-hybridized carbons (Fsp3) is 0.321. The molecule has 4 rings (SSSR count). The fourth-order valence-corrected chi connectivity index (χ4v) is 4.55. The van der Waals surface area contributed by atoms with Crippen molar-refractivity contribution in [3.63, 3.8) is 0 Å². The van der Waals surface area contributed by atoms with Crippen LogP contribution in [0, 0.1) is 0 Å². The van der Waals surface area contributed by atoms with Crippen molar-refractivity contribution in [3.8, 4) is 11.5 Å². The first-order valence-corrected chi connectivity index (χ1v) is 12.1. The van der Waals surface area contributed by atoms with Gasteiger partial charge in [-0.25, -0.2) is 0 Å². The first-order valence-electron chi connectivity index (χ1n) is 11.7. The average Bonchev–Trinajstić information content (AvgIpc) is 2.89. The van der Waals surface area contributed by atoms with Crippen LogP contribution in [-0.2, 0) is 18.7 Å². The molecular formula is C28H31ClN2O4. The van der Waals surface area contributed by atoms with Crippen LogP contribution in [0.15, 0.2) is 66.7 Å². The lowest BCUT2D eigenvalue weighted by Gasteiger charge is -2.38. The molecule has 0 unspecified atom stereocenters. The summed E-state index contributed by atoms with van der Waals surface area (Å²) in [4.78, 5) is 14.7. The second-order valence-electron chi connectivity index (χ2n) is 8.88. The van der Waals surface area contributed by atoms with Gasteiger partial charge in [-0.1, -0.05) is 41.9 Å². The van der Waals surface area contributed by atoms with Crippen molar-refractivity contribution in [2.75, 3.05) is 27.3 Å². The van der Waals surface area contributed by atoms with E-state index in [4.69, 9.17) is 21.1 Å². The standard InChI is InChI=1S/C28H31ClN2O4/c1-34-25-12-5-21(17-26(25)35-2)19-31-15-13-28(33,14-16-31)23-8-3-20(4-9-23)18-30-27(32)22-6-10-24(29)11-7-22/h3-12,17,33H,13-16,18-19H2,1-2H3,(H,30,32). The van der Waals surface area contributed by atoms with Gasteiger partial charge < -0.3 is 19.9 Å². The van der Waals surface area contributed by atoms with E-state index in [-0.39, 0.29) is 5.91 Å². The monoisotopic (exact) mass is 494 g/mol. The Bertz CT molecular complexity index is 1140. The van der Waals surface area contributed by atoms with Crippen LogP contribution in [0.3, 0.4) is 0 Å². The Hall–Kier alpha value is -3.06. The summed E-state index contributed by atoms with van der Waals surface area (Å²) in [5, 5.41) is 14.8. The third kappa shape index (κ3) is 6.14. The van der Waals surface area contributed by atoms with E-state index in [1.54, 1.807) is 38.5 Å². The summed E-state index contributed by atoms with van der Waals surface area (Å²) in [6, 6.07) is 20.6. The third-order valence-corrected chi connectivity index (χ3v) is 6.84. The number of carbonyl (C=O) groups is 1. The van der Waals surface area contributed by atoms with Crippen LogP contribution in [0.2, 0.25) is 5.02 Å². The van der Waals surface area contributed by atoms with Gasteiger partial charge >= 0.3 is 0 Å². The lowest BCUT2D eigenvalue weighted by atomic mass is 9.84. The molecule has 0 aromatic heterocycles. The maximum atomic E-state index is 12.3. The quantitative estimate of drug-likeness (QED) is 0.472. The fourth-order valence-electron chi connectivity index (χ4n) is 4.43. The van der Waals surface area contributed by atoms with Gasteiger partial charge in [-0.05, 0) is 65.9 Å². The molecular weight excluding hydrogens is 464 g/mol. The number of hydrogen-bond acceptors (Lipinski definition) is 5. The van der Waals surface area contributed by atoms with Crippen LogP contribution in [0.4, 0.5) is 0 Å². The molecule has 3 aromatic rings. The van der Waals surface area contributed by atoms with Gasteiger partial charge in [-0.2, -0.15) is 0 Å². The van der Waals surface area contributed by atoms with Gasteiger partial charge in [0, 0.05) is 36.8 Å². The molecule has 7 heteroatoms. The first kappa shape index (κ1) is 25.0. The predicted molar refractivity (Wildman–Crippen MR) is 137 cm³/mol. The van der Waals surface area contributed by atoms with E-state index in [2.05, 4.69) is 10.2 Å². The maximum Gasteiger partial charge on any atom is 0.251 e. The van der Waals surface area contributed by atoms with Crippen LogP contribution >= 0.6 is 11.6 Å². The molecule has 1 amide bonds. The molecule has 2 N–H and O–H groups in total. The number of piperidine rings is 1. The van der Waals surface area contributed by atoms with E-state index in [1.807, 2.05) is 42.5 Å². The summed E-state index contributed by atoms with van der Waals surface area (Å²) in [5.41, 5.74) is 2.76. The number of halogens is 1. The minimum absolute atomic E-state index is 0.147. The number of hydrogen-bond donors (Lipinski definition) is 2. The second-order valence-corrected chi connectivity index (χ2v) is 9.32. The highest BCUT2D eigenvalue weighted by Crippen LogP contribution is 2.34. The lowest BCUT2D eigenvalue weighted by Crippen LogP contribution is -2.42. The van der Waals surface area contributed by atoms with Crippen molar-refractivity contribution in [2.45, 2.75) is 31.5 Å². The molecule has 0 spiro atoms. The van der Waals surface area contributed by atoms with Gasteiger partial charge in [0.1, 0.15) is 0 Å². The number of nitrogens with zero attached hydrogens (tertiary/aromatic N) is 1. The molecule has 6 nitrogen and oxygen atoms in total. The normalized spacial score (nSPS) is 15.4. The van der Waals surface area contributed by atoms with Crippen LogP contribution in [-0.4, -0.2) is 43.2 Å². The number of aliphatic hydroxyl groups is 1. The molecule has 1 heterocycles. The zero-order valence-corrected chi connectivity index (χ0v) is 20.8. The molecule has 3 aromatic carbocycles. The Kier molecular flexibility index (Phi) is 7.96. The molecule has 0 radical (unpaired) electrons. The van der Waals surface area contributed by atoms with Crippen LogP contribution in [0.1, 0.15) is 39.9 Å². The van der Waals surface area contributed by atoms with Gasteiger partial charge in [0.2, 0.25) is 0 Å². The molecule has 0 aliphatic carbocycles. The van der Waals surface area contributed by atoms with E-state index in [0.717, 1.165) is 47.8 Å². The Labute approximate surface area is 211 Å². The molecule has 1 aliphatic rings. The van der Waals surface area contributed by atoms with Crippen molar-refractivity contribution in [2.24, 2.45) is 0 Å². The Morgan fingerprint density at radius 3 is 2.20 bits per heavy atom. The molecule has 184 valence electrons. The van der Waals surface area contributed by atoms with Crippen molar-refractivity contribution < 1.29 is 19.4 Å². The number of ether oxygens (including phenoxy) is 2. The zero-order valence-electron chi connectivity index (χ0n) is 20.1. The molecule has 0 atom stereocenters. The van der Waals surface area contributed by atoms with E-state index < -0.39 is 5.60 Å². The second kappa shape index (κ2) is 11.1. The van der Waals surface area contributed by atoms with Gasteiger partial charge in [0.05, 0.1) is 19.8 Å². The average molecular weight is 495 g/mol. The number of benzene rings is 3. The van der Waals surface area contributed by atoms with Crippen LogP contribution in [0.25, 0.3) is 0 Å². The predicted octanol–water partition coefficient (Wildman–Crippen LogP) is 4.77. The van der Waals surface area contributed by atoms with Gasteiger partial charge in [-0.15, -0.1) is 0 Å². The van der Waals surface area contributed by atoms with Crippen molar-refractivity contribution in [1.29, 1.82) is 0 Å². The van der Waals surface area contributed by atoms with Crippen molar-refractivity contribution in [1.82, 2.24) is 10.2 Å². The van der Waals surface area contributed by atoms with Gasteiger partial charge in [0.15, 0.2) is 11.5 Å². The van der Waals surface area contributed by atoms with Crippen LogP contribution < -0.4 is 14.8 Å². The van der Waals surface area contributed by atoms with Crippen LogP contribution in [0.5, 0.6) is 11.5 Å². The molecule has 35 heavy (non-hydrogen) atoms. The largest absolute Gasteiger partial charge is 0.493 e. The number of likely N-dealkylation sites (tertiary alicyclic amines) is 1. The zero-order chi connectivity index (χ0) is 24.8. The smallest absolute Gasteiger partial charge is 0.251 e. The van der Waals surface area contributed by atoms with Crippen molar-refractivity contribution in [3.05, 3.63) is 94.0 Å². The minimum atomic E-state index is -0.848. The number of methoxy groups -OCH3 is 2. The summed E-state index contributed by atoms with van der Waals surface area (Å²) in [7, 11) is 3.27. The van der Waals surface area contributed by atoms with E-state index in [9.17, 15) is 9.90 Å². The lowest BCUT2D eigenvalue weighted by molar-refractivity contribution is -0.0277. The van der Waals surface area contributed by atoms with Crippen molar-refractivity contribution >= 4 is 17.5 Å². The Balaban J connectivity index is 1.30. The summed E-state index contributed by atoms with van der Waals surface area (Å²) < 4.78 is 10.7. The van der Waals surface area contributed by atoms with Gasteiger partial charge in [0.25, 0.3) is 5.91 Å². The molecule has 0 bridgehead atoms. The highest BCUT2D eigenvalue weighted by Gasteiger charge is 2.33. The summed E-state index contributed by atoms with van der Waals surface area (Å²) in [6.07, 6.45) is 1.32.